The van der Waals surface area contributed by atoms with Crippen LogP contribution in [-0.4, -0.2) is 18.5 Å². The number of aryl methyl sites for hydroxylation is 1. The molecule has 0 saturated heterocycles. The smallest absolute Gasteiger partial charge is 0.126 e. The van der Waals surface area contributed by atoms with Crippen LogP contribution in [0.25, 0.3) is 0 Å². The summed E-state index contributed by atoms with van der Waals surface area (Å²) in [4.78, 5) is 2.23. The van der Waals surface area contributed by atoms with Crippen LogP contribution >= 0.6 is 0 Å². The van der Waals surface area contributed by atoms with Gasteiger partial charge in [-0.2, -0.15) is 0 Å². The summed E-state index contributed by atoms with van der Waals surface area (Å²) in [5, 5.41) is 0. The van der Waals surface area contributed by atoms with E-state index in [9.17, 15) is 4.39 Å². The van der Waals surface area contributed by atoms with E-state index in [2.05, 4.69) is 11.9 Å². The summed E-state index contributed by atoms with van der Waals surface area (Å²) in [5.41, 5.74) is 3.35. The molecule has 76 valence electrons. The molecule has 0 aromatic heterocycles. The highest BCUT2D eigenvalue weighted by molar-refractivity contribution is 5.34. The Morgan fingerprint density at radius 3 is 2.86 bits per heavy atom. The minimum absolute atomic E-state index is 0.0402. The number of halogens is 1. The molecule has 0 radical (unpaired) electrons. The van der Waals surface area contributed by atoms with Crippen LogP contribution in [0.5, 0.6) is 0 Å². The standard InChI is InChI=1S/C12H16FN/c1-3-9-6-10-4-5-14(2)8-11(10)7-12(9)13/h6-7H,3-5,8H2,1-2H3. The fraction of sp³-hybridized carbons (Fsp3) is 0.500. The van der Waals surface area contributed by atoms with Gasteiger partial charge < -0.3 is 4.90 Å². The molecule has 1 aromatic rings. The van der Waals surface area contributed by atoms with Crippen molar-refractivity contribution in [3.8, 4) is 0 Å². The molecule has 0 aliphatic carbocycles. The molecule has 0 bridgehead atoms. The van der Waals surface area contributed by atoms with Gasteiger partial charge in [-0.05, 0) is 42.6 Å². The fourth-order valence-electron chi connectivity index (χ4n) is 2.04. The number of benzene rings is 1. The number of hydrogen-bond donors (Lipinski definition) is 0. The van der Waals surface area contributed by atoms with E-state index in [1.807, 2.05) is 13.0 Å². The van der Waals surface area contributed by atoms with Gasteiger partial charge >= 0.3 is 0 Å². The van der Waals surface area contributed by atoms with Crippen LogP contribution in [0.15, 0.2) is 12.1 Å². The number of fused-ring (bicyclic) bond motifs is 1. The molecule has 0 atom stereocenters. The van der Waals surface area contributed by atoms with Crippen LogP contribution in [0.3, 0.4) is 0 Å². The molecule has 0 unspecified atom stereocenters. The first-order valence-electron chi connectivity index (χ1n) is 5.19. The maximum absolute atomic E-state index is 13.5. The lowest BCUT2D eigenvalue weighted by molar-refractivity contribution is 0.312. The van der Waals surface area contributed by atoms with Crippen LogP contribution in [0, 0.1) is 5.82 Å². The SMILES string of the molecule is CCc1cc2c(cc1F)CN(C)CC2. The maximum atomic E-state index is 13.5. The van der Waals surface area contributed by atoms with Gasteiger partial charge in [-0.1, -0.05) is 13.0 Å². The van der Waals surface area contributed by atoms with Crippen molar-refractivity contribution in [1.82, 2.24) is 4.90 Å². The van der Waals surface area contributed by atoms with E-state index in [1.54, 1.807) is 6.07 Å². The van der Waals surface area contributed by atoms with Crippen molar-refractivity contribution in [3.05, 3.63) is 34.6 Å². The highest BCUT2D eigenvalue weighted by atomic mass is 19.1. The second kappa shape index (κ2) is 3.70. The minimum atomic E-state index is -0.0402. The molecule has 1 aliphatic heterocycles. The van der Waals surface area contributed by atoms with Crippen LogP contribution in [-0.2, 0) is 19.4 Å². The van der Waals surface area contributed by atoms with Gasteiger partial charge in [0.15, 0.2) is 0 Å². The van der Waals surface area contributed by atoms with E-state index in [1.165, 1.54) is 5.56 Å². The second-order valence-corrected chi connectivity index (χ2v) is 4.05. The van der Waals surface area contributed by atoms with Crippen molar-refractivity contribution in [2.24, 2.45) is 0 Å². The molecular weight excluding hydrogens is 177 g/mol. The molecule has 0 spiro atoms. The molecule has 1 aromatic carbocycles. The molecule has 14 heavy (non-hydrogen) atoms. The first-order valence-corrected chi connectivity index (χ1v) is 5.19. The van der Waals surface area contributed by atoms with Crippen LogP contribution in [0.4, 0.5) is 4.39 Å². The molecule has 1 heterocycles. The Labute approximate surface area is 84.5 Å². The van der Waals surface area contributed by atoms with Crippen LogP contribution in [0.2, 0.25) is 0 Å². The van der Waals surface area contributed by atoms with E-state index in [-0.39, 0.29) is 5.82 Å². The summed E-state index contributed by atoms with van der Waals surface area (Å²) < 4.78 is 13.5. The molecule has 0 amide bonds. The molecule has 2 heteroatoms. The van der Waals surface area contributed by atoms with Crippen LogP contribution in [0.1, 0.15) is 23.6 Å². The molecule has 0 fully saturated rings. The summed E-state index contributed by atoms with van der Waals surface area (Å²) in [6.45, 7) is 3.97. The third-order valence-corrected chi connectivity index (χ3v) is 2.95. The number of nitrogens with zero attached hydrogens (tertiary/aromatic N) is 1. The van der Waals surface area contributed by atoms with Crippen molar-refractivity contribution in [2.75, 3.05) is 13.6 Å². The fourth-order valence-corrected chi connectivity index (χ4v) is 2.04. The number of rotatable bonds is 1. The van der Waals surface area contributed by atoms with Crippen molar-refractivity contribution in [1.29, 1.82) is 0 Å². The number of likely N-dealkylation sites (N-methyl/N-ethyl adjacent to an activating group) is 1. The Morgan fingerprint density at radius 2 is 2.14 bits per heavy atom. The maximum Gasteiger partial charge on any atom is 0.126 e. The molecule has 1 nitrogen and oxygen atoms in total. The first-order chi connectivity index (χ1) is 6.70. The van der Waals surface area contributed by atoms with Gasteiger partial charge in [-0.15, -0.1) is 0 Å². The zero-order chi connectivity index (χ0) is 10.1. The van der Waals surface area contributed by atoms with E-state index in [0.717, 1.165) is 37.1 Å². The van der Waals surface area contributed by atoms with Gasteiger partial charge in [-0.25, -0.2) is 4.39 Å². The molecule has 0 N–H and O–H groups in total. The second-order valence-electron chi connectivity index (χ2n) is 4.05. The Balaban J connectivity index is 2.40. The summed E-state index contributed by atoms with van der Waals surface area (Å²) in [6, 6.07) is 3.75. The van der Waals surface area contributed by atoms with Gasteiger partial charge in [-0.3, -0.25) is 0 Å². The van der Waals surface area contributed by atoms with Crippen molar-refractivity contribution < 1.29 is 4.39 Å². The van der Waals surface area contributed by atoms with E-state index < -0.39 is 0 Å². The monoisotopic (exact) mass is 193 g/mol. The van der Waals surface area contributed by atoms with Crippen LogP contribution < -0.4 is 0 Å². The zero-order valence-corrected chi connectivity index (χ0v) is 8.81. The summed E-state index contributed by atoms with van der Waals surface area (Å²) in [6.07, 6.45) is 1.84. The zero-order valence-electron chi connectivity index (χ0n) is 8.81. The summed E-state index contributed by atoms with van der Waals surface area (Å²) >= 11 is 0. The molecule has 2 rings (SSSR count). The minimum Gasteiger partial charge on any atom is -0.302 e. The van der Waals surface area contributed by atoms with E-state index in [0.29, 0.717) is 0 Å². The van der Waals surface area contributed by atoms with Gasteiger partial charge in [0.25, 0.3) is 0 Å². The lowest BCUT2D eigenvalue weighted by atomic mass is 9.96. The quantitative estimate of drug-likeness (QED) is 0.662. The number of hydrogen-bond acceptors (Lipinski definition) is 1. The molecule has 0 saturated carbocycles. The highest BCUT2D eigenvalue weighted by Gasteiger charge is 2.15. The lowest BCUT2D eigenvalue weighted by Gasteiger charge is -2.25. The Hall–Kier alpha value is -0.890. The first kappa shape index (κ1) is 9.66. The van der Waals surface area contributed by atoms with Gasteiger partial charge in [0.05, 0.1) is 0 Å². The Bertz CT molecular complexity index is 346. The Morgan fingerprint density at radius 1 is 1.36 bits per heavy atom. The van der Waals surface area contributed by atoms with Crippen molar-refractivity contribution in [3.63, 3.8) is 0 Å². The Kier molecular flexibility index (Phi) is 2.55. The average molecular weight is 193 g/mol. The van der Waals surface area contributed by atoms with Crippen molar-refractivity contribution >= 4 is 0 Å². The predicted molar refractivity (Wildman–Crippen MR) is 55.8 cm³/mol. The largest absolute Gasteiger partial charge is 0.302 e. The topological polar surface area (TPSA) is 3.24 Å². The normalized spacial score (nSPS) is 16.8. The third kappa shape index (κ3) is 1.67. The van der Waals surface area contributed by atoms with Crippen molar-refractivity contribution in [2.45, 2.75) is 26.3 Å². The van der Waals surface area contributed by atoms with Gasteiger partial charge in [0, 0.05) is 13.1 Å². The predicted octanol–water partition coefficient (Wildman–Crippen LogP) is 2.38. The molecular formula is C12H16FN. The van der Waals surface area contributed by atoms with E-state index in [4.69, 9.17) is 0 Å². The highest BCUT2D eigenvalue weighted by Crippen LogP contribution is 2.22. The third-order valence-electron chi connectivity index (χ3n) is 2.95. The van der Waals surface area contributed by atoms with Gasteiger partial charge in [0.1, 0.15) is 5.82 Å². The molecule has 1 aliphatic rings. The van der Waals surface area contributed by atoms with E-state index >= 15 is 0 Å². The average Bonchev–Trinajstić information content (AvgIpc) is 2.16. The van der Waals surface area contributed by atoms with Gasteiger partial charge in [0.2, 0.25) is 0 Å². The summed E-state index contributed by atoms with van der Waals surface area (Å²) in [5.74, 6) is -0.0402. The lowest BCUT2D eigenvalue weighted by Crippen LogP contribution is -2.26. The summed E-state index contributed by atoms with van der Waals surface area (Å²) in [7, 11) is 2.08.